The van der Waals surface area contributed by atoms with Crippen LogP contribution in [-0.4, -0.2) is 28.9 Å². The first kappa shape index (κ1) is 15.0. The van der Waals surface area contributed by atoms with Gasteiger partial charge in [-0.15, -0.1) is 0 Å². The highest BCUT2D eigenvalue weighted by molar-refractivity contribution is 7.80. The maximum Gasteiger partial charge on any atom is 0.253 e. The van der Waals surface area contributed by atoms with Crippen LogP contribution in [0.2, 0.25) is 0 Å². The molecule has 0 radical (unpaired) electrons. The van der Waals surface area contributed by atoms with E-state index in [-0.39, 0.29) is 11.3 Å². The second-order valence-corrected chi connectivity index (χ2v) is 6.21. The van der Waals surface area contributed by atoms with Gasteiger partial charge in [0.25, 0.3) is 5.91 Å². The van der Waals surface area contributed by atoms with Gasteiger partial charge in [0, 0.05) is 24.1 Å². The zero-order chi connectivity index (χ0) is 14.8. The number of carbonyl (C=O) groups excluding carboxylic acids is 1. The van der Waals surface area contributed by atoms with Gasteiger partial charge in [-0.3, -0.25) is 4.79 Å². The Morgan fingerprint density at radius 2 is 1.85 bits per heavy atom. The fourth-order valence-corrected chi connectivity index (χ4v) is 2.72. The summed E-state index contributed by atoms with van der Waals surface area (Å²) in [5, 5.41) is 0. The van der Waals surface area contributed by atoms with Gasteiger partial charge in [-0.2, -0.15) is 0 Å². The lowest BCUT2D eigenvalue weighted by Crippen LogP contribution is -2.46. The van der Waals surface area contributed by atoms with Crippen LogP contribution in [0.25, 0.3) is 0 Å². The Balaban J connectivity index is 2.02. The summed E-state index contributed by atoms with van der Waals surface area (Å²) < 4.78 is 0. The number of thiocarbonyl (C=S) groups is 1. The number of piperidine rings is 1. The number of hydrogen-bond acceptors (Lipinski definition) is 2. The molecular formula is C16H22N2OS. The minimum absolute atomic E-state index is 0.0990. The van der Waals surface area contributed by atoms with Gasteiger partial charge in [-0.05, 0) is 37.0 Å². The van der Waals surface area contributed by atoms with E-state index in [4.69, 9.17) is 18.0 Å². The van der Waals surface area contributed by atoms with Crippen molar-refractivity contribution in [2.45, 2.75) is 33.1 Å². The van der Waals surface area contributed by atoms with Gasteiger partial charge in [-0.1, -0.05) is 38.2 Å². The van der Waals surface area contributed by atoms with Crippen LogP contribution in [0.15, 0.2) is 24.3 Å². The van der Waals surface area contributed by atoms with E-state index in [0.29, 0.717) is 4.99 Å². The van der Waals surface area contributed by atoms with Crippen LogP contribution in [0.4, 0.5) is 0 Å². The molecule has 4 heteroatoms. The van der Waals surface area contributed by atoms with Crippen LogP contribution in [0.3, 0.4) is 0 Å². The molecule has 0 spiro atoms. The van der Waals surface area contributed by atoms with Crippen LogP contribution in [0.5, 0.6) is 0 Å². The Labute approximate surface area is 126 Å². The van der Waals surface area contributed by atoms with E-state index in [2.05, 4.69) is 13.8 Å². The molecule has 108 valence electrons. The van der Waals surface area contributed by atoms with Crippen molar-refractivity contribution in [1.82, 2.24) is 4.90 Å². The van der Waals surface area contributed by atoms with Crippen molar-refractivity contribution in [2.75, 3.05) is 13.1 Å². The van der Waals surface area contributed by atoms with Gasteiger partial charge in [0.05, 0.1) is 4.99 Å². The Kier molecular flexibility index (Phi) is 4.43. The van der Waals surface area contributed by atoms with Gasteiger partial charge in [-0.25, -0.2) is 0 Å². The van der Waals surface area contributed by atoms with E-state index in [1.54, 1.807) is 0 Å². The molecule has 0 aromatic heterocycles. The monoisotopic (exact) mass is 290 g/mol. The third-order valence-electron chi connectivity index (χ3n) is 4.36. The van der Waals surface area contributed by atoms with Crippen molar-refractivity contribution in [3.05, 3.63) is 35.4 Å². The summed E-state index contributed by atoms with van der Waals surface area (Å²) in [6.45, 7) is 5.65. The Morgan fingerprint density at radius 1 is 1.30 bits per heavy atom. The molecule has 1 aliphatic heterocycles. The SMILES string of the molecule is CCc1ccc(C(=O)N2CCC(C)(C(N)=S)CC2)cc1. The van der Waals surface area contributed by atoms with E-state index < -0.39 is 0 Å². The van der Waals surface area contributed by atoms with Gasteiger partial charge < -0.3 is 10.6 Å². The number of carbonyl (C=O) groups is 1. The van der Waals surface area contributed by atoms with Crippen molar-refractivity contribution >= 4 is 23.1 Å². The van der Waals surface area contributed by atoms with Crippen LogP contribution >= 0.6 is 12.2 Å². The maximum atomic E-state index is 12.4. The molecular weight excluding hydrogens is 268 g/mol. The predicted molar refractivity (Wildman–Crippen MR) is 85.8 cm³/mol. The summed E-state index contributed by atoms with van der Waals surface area (Å²) in [6, 6.07) is 7.89. The second kappa shape index (κ2) is 5.92. The summed E-state index contributed by atoms with van der Waals surface area (Å²) in [7, 11) is 0. The number of hydrogen-bond donors (Lipinski definition) is 1. The van der Waals surface area contributed by atoms with Crippen LogP contribution < -0.4 is 5.73 Å². The third-order valence-corrected chi connectivity index (χ3v) is 4.85. The molecule has 0 atom stereocenters. The minimum atomic E-state index is -0.0990. The zero-order valence-electron chi connectivity index (χ0n) is 12.2. The number of rotatable bonds is 3. The van der Waals surface area contributed by atoms with Gasteiger partial charge in [0.15, 0.2) is 0 Å². The third kappa shape index (κ3) is 3.01. The number of benzene rings is 1. The van der Waals surface area contributed by atoms with Gasteiger partial charge >= 0.3 is 0 Å². The number of amides is 1. The van der Waals surface area contributed by atoms with Gasteiger partial charge in [0.1, 0.15) is 0 Å². The molecule has 0 aliphatic carbocycles. The lowest BCUT2D eigenvalue weighted by Gasteiger charge is -2.38. The molecule has 1 fully saturated rings. The first-order valence-corrected chi connectivity index (χ1v) is 7.55. The molecule has 1 aromatic rings. The van der Waals surface area contributed by atoms with Crippen LogP contribution in [-0.2, 0) is 6.42 Å². The zero-order valence-corrected chi connectivity index (χ0v) is 13.0. The second-order valence-electron chi connectivity index (χ2n) is 5.77. The largest absolute Gasteiger partial charge is 0.393 e. The van der Waals surface area contributed by atoms with Crippen molar-refractivity contribution in [2.24, 2.45) is 11.1 Å². The lowest BCUT2D eigenvalue weighted by molar-refractivity contribution is 0.0670. The molecule has 1 amide bonds. The quantitative estimate of drug-likeness (QED) is 0.871. The van der Waals surface area contributed by atoms with Crippen LogP contribution in [0, 0.1) is 5.41 Å². The van der Waals surface area contributed by atoms with E-state index in [9.17, 15) is 4.79 Å². The first-order chi connectivity index (χ1) is 9.46. The molecule has 1 saturated heterocycles. The summed E-state index contributed by atoms with van der Waals surface area (Å²) in [5.74, 6) is 0.109. The highest BCUT2D eigenvalue weighted by Crippen LogP contribution is 2.31. The highest BCUT2D eigenvalue weighted by Gasteiger charge is 2.34. The van der Waals surface area contributed by atoms with E-state index in [1.807, 2.05) is 29.2 Å². The molecule has 1 aliphatic rings. The lowest BCUT2D eigenvalue weighted by atomic mass is 9.80. The Morgan fingerprint density at radius 3 is 2.30 bits per heavy atom. The average molecular weight is 290 g/mol. The Bertz CT molecular complexity index is 502. The average Bonchev–Trinajstić information content (AvgIpc) is 2.47. The summed E-state index contributed by atoms with van der Waals surface area (Å²) in [4.78, 5) is 14.9. The van der Waals surface area contributed by atoms with E-state index in [0.717, 1.165) is 37.9 Å². The summed E-state index contributed by atoms with van der Waals surface area (Å²) >= 11 is 5.13. The predicted octanol–water partition coefficient (Wildman–Crippen LogP) is 2.78. The molecule has 1 aromatic carbocycles. The van der Waals surface area contributed by atoms with Gasteiger partial charge in [0.2, 0.25) is 0 Å². The maximum absolute atomic E-state index is 12.4. The van der Waals surface area contributed by atoms with E-state index in [1.165, 1.54) is 5.56 Å². The van der Waals surface area contributed by atoms with Crippen molar-refractivity contribution in [3.8, 4) is 0 Å². The normalized spacial score (nSPS) is 17.8. The number of nitrogens with zero attached hydrogens (tertiary/aromatic N) is 1. The Hall–Kier alpha value is -1.42. The van der Waals surface area contributed by atoms with Crippen molar-refractivity contribution in [1.29, 1.82) is 0 Å². The highest BCUT2D eigenvalue weighted by atomic mass is 32.1. The minimum Gasteiger partial charge on any atom is -0.393 e. The summed E-state index contributed by atoms with van der Waals surface area (Å²) in [6.07, 6.45) is 2.69. The van der Waals surface area contributed by atoms with Crippen LogP contribution in [0.1, 0.15) is 42.6 Å². The molecule has 0 bridgehead atoms. The molecule has 2 N–H and O–H groups in total. The topological polar surface area (TPSA) is 46.3 Å². The first-order valence-electron chi connectivity index (χ1n) is 7.14. The van der Waals surface area contributed by atoms with Crippen molar-refractivity contribution in [3.63, 3.8) is 0 Å². The number of likely N-dealkylation sites (tertiary alicyclic amines) is 1. The molecule has 20 heavy (non-hydrogen) atoms. The summed E-state index contributed by atoms with van der Waals surface area (Å²) in [5.41, 5.74) is 7.71. The fraction of sp³-hybridized carbons (Fsp3) is 0.500. The number of nitrogens with two attached hydrogens (primary N) is 1. The smallest absolute Gasteiger partial charge is 0.253 e. The molecule has 0 saturated carbocycles. The van der Waals surface area contributed by atoms with E-state index >= 15 is 0 Å². The fourth-order valence-electron chi connectivity index (χ4n) is 2.52. The molecule has 0 unspecified atom stereocenters. The molecule has 2 rings (SSSR count). The molecule has 1 heterocycles. The number of aryl methyl sites for hydroxylation is 1. The standard InChI is InChI=1S/C16H22N2OS/c1-3-12-4-6-13(7-5-12)14(19)18-10-8-16(2,9-11-18)15(17)20/h4-7H,3,8-11H2,1-2H3,(H2,17,20). The molecule has 3 nitrogen and oxygen atoms in total. The van der Waals surface area contributed by atoms with Crippen molar-refractivity contribution < 1.29 is 4.79 Å².